The van der Waals surface area contributed by atoms with Crippen molar-refractivity contribution in [3.8, 4) is 16.9 Å². The van der Waals surface area contributed by atoms with E-state index in [4.69, 9.17) is 4.74 Å². The second kappa shape index (κ2) is 8.65. The molecule has 1 fully saturated rings. The third-order valence-electron chi connectivity index (χ3n) is 5.45. The lowest BCUT2D eigenvalue weighted by atomic mass is 9.96. The lowest BCUT2D eigenvalue weighted by molar-refractivity contribution is -0.274. The highest BCUT2D eigenvalue weighted by molar-refractivity contribution is 5.97. The van der Waals surface area contributed by atoms with Gasteiger partial charge in [0, 0.05) is 43.9 Å². The molecule has 2 aromatic rings. The van der Waals surface area contributed by atoms with Gasteiger partial charge in [-0.25, -0.2) is 0 Å². The maximum atomic E-state index is 12.8. The standard InChI is InChI=1S/C22H23F3N2O3/c23-22(24,25)30-20-4-2-1-3-18(20)17-6-5-16-7-8-21(28)27(19(16)15-17)10-9-26-11-13-29-14-12-26/h1-6,15H,7-14H2. The van der Waals surface area contributed by atoms with Crippen LogP contribution in [0, 0.1) is 0 Å². The number of fused-ring (bicyclic) bond motifs is 1. The van der Waals surface area contributed by atoms with Gasteiger partial charge in [0.25, 0.3) is 0 Å². The van der Waals surface area contributed by atoms with Crippen molar-refractivity contribution in [3.63, 3.8) is 0 Å². The van der Waals surface area contributed by atoms with Crippen LogP contribution in [0.4, 0.5) is 18.9 Å². The number of alkyl halides is 3. The molecular formula is C22H23F3N2O3. The van der Waals surface area contributed by atoms with Crippen molar-refractivity contribution >= 4 is 11.6 Å². The average Bonchev–Trinajstić information content (AvgIpc) is 2.73. The van der Waals surface area contributed by atoms with E-state index in [1.165, 1.54) is 12.1 Å². The molecule has 0 bridgehead atoms. The number of para-hydroxylation sites is 1. The lowest BCUT2D eigenvalue weighted by Crippen LogP contribution is -2.44. The van der Waals surface area contributed by atoms with E-state index >= 15 is 0 Å². The molecule has 5 nitrogen and oxygen atoms in total. The molecule has 0 N–H and O–H groups in total. The first kappa shape index (κ1) is 20.7. The monoisotopic (exact) mass is 420 g/mol. The number of morpholine rings is 1. The third kappa shape index (κ3) is 4.76. The summed E-state index contributed by atoms with van der Waals surface area (Å²) < 4.78 is 48.0. The average molecular weight is 420 g/mol. The van der Waals surface area contributed by atoms with Crippen LogP contribution in [0.5, 0.6) is 5.75 Å². The molecule has 160 valence electrons. The Morgan fingerprint density at radius 2 is 1.77 bits per heavy atom. The van der Waals surface area contributed by atoms with Gasteiger partial charge in [-0.15, -0.1) is 13.2 Å². The minimum atomic E-state index is -4.77. The van der Waals surface area contributed by atoms with Crippen molar-refractivity contribution in [3.05, 3.63) is 48.0 Å². The number of halogens is 3. The Hall–Kier alpha value is -2.58. The summed E-state index contributed by atoms with van der Waals surface area (Å²) in [7, 11) is 0. The molecular weight excluding hydrogens is 397 g/mol. The maximum Gasteiger partial charge on any atom is 0.573 e. The minimum absolute atomic E-state index is 0.0349. The highest BCUT2D eigenvalue weighted by Crippen LogP contribution is 2.37. The molecule has 0 saturated carbocycles. The van der Waals surface area contributed by atoms with E-state index in [0.717, 1.165) is 30.9 Å². The summed E-state index contributed by atoms with van der Waals surface area (Å²) in [5.41, 5.74) is 2.71. The number of carbonyl (C=O) groups excluding carboxylic acids is 1. The van der Waals surface area contributed by atoms with E-state index in [1.54, 1.807) is 29.2 Å². The Kier molecular flexibility index (Phi) is 5.97. The second-order valence-electron chi connectivity index (χ2n) is 7.39. The summed E-state index contributed by atoms with van der Waals surface area (Å²) in [6.07, 6.45) is -3.71. The largest absolute Gasteiger partial charge is 0.573 e. The van der Waals surface area contributed by atoms with E-state index in [9.17, 15) is 18.0 Å². The van der Waals surface area contributed by atoms with Gasteiger partial charge in [-0.1, -0.05) is 30.3 Å². The maximum absolute atomic E-state index is 12.8. The van der Waals surface area contributed by atoms with Crippen LogP contribution in [-0.4, -0.2) is 56.6 Å². The highest BCUT2D eigenvalue weighted by atomic mass is 19.4. The fourth-order valence-corrected chi connectivity index (χ4v) is 3.94. The van der Waals surface area contributed by atoms with Crippen LogP contribution in [-0.2, 0) is 16.0 Å². The van der Waals surface area contributed by atoms with Gasteiger partial charge in [0.05, 0.1) is 13.2 Å². The fourth-order valence-electron chi connectivity index (χ4n) is 3.94. The van der Waals surface area contributed by atoms with Crippen LogP contribution < -0.4 is 9.64 Å². The summed E-state index contributed by atoms with van der Waals surface area (Å²) in [6.45, 7) is 4.30. The molecule has 0 spiro atoms. The van der Waals surface area contributed by atoms with Crippen LogP contribution in [0.2, 0.25) is 0 Å². The number of amides is 1. The molecule has 4 rings (SSSR count). The van der Waals surface area contributed by atoms with Crippen LogP contribution in [0.15, 0.2) is 42.5 Å². The molecule has 1 amide bonds. The predicted molar refractivity (Wildman–Crippen MR) is 106 cm³/mol. The van der Waals surface area contributed by atoms with E-state index < -0.39 is 6.36 Å². The smallest absolute Gasteiger partial charge is 0.405 e. The highest BCUT2D eigenvalue weighted by Gasteiger charge is 2.32. The normalized spacial score (nSPS) is 17.7. The summed E-state index contributed by atoms with van der Waals surface area (Å²) >= 11 is 0. The number of anilines is 1. The van der Waals surface area contributed by atoms with Crippen molar-refractivity contribution in [1.82, 2.24) is 4.90 Å². The Morgan fingerprint density at radius 3 is 2.53 bits per heavy atom. The summed E-state index contributed by atoms with van der Waals surface area (Å²) in [5.74, 6) is -0.223. The van der Waals surface area contributed by atoms with Gasteiger partial charge in [0.15, 0.2) is 0 Å². The molecule has 2 heterocycles. The minimum Gasteiger partial charge on any atom is -0.405 e. The van der Waals surface area contributed by atoms with Gasteiger partial charge >= 0.3 is 6.36 Å². The Balaban J connectivity index is 1.62. The van der Waals surface area contributed by atoms with E-state index in [2.05, 4.69) is 9.64 Å². The number of rotatable bonds is 5. The van der Waals surface area contributed by atoms with E-state index in [-0.39, 0.29) is 11.7 Å². The van der Waals surface area contributed by atoms with Crippen molar-refractivity contribution in [2.75, 3.05) is 44.3 Å². The van der Waals surface area contributed by atoms with E-state index in [0.29, 0.717) is 43.7 Å². The quantitative estimate of drug-likeness (QED) is 0.737. The topological polar surface area (TPSA) is 42.0 Å². The van der Waals surface area contributed by atoms with Gasteiger partial charge in [0.1, 0.15) is 5.75 Å². The molecule has 0 aromatic heterocycles. The van der Waals surface area contributed by atoms with Gasteiger partial charge < -0.3 is 14.4 Å². The SMILES string of the molecule is O=C1CCc2ccc(-c3ccccc3OC(F)(F)F)cc2N1CCN1CCOCC1. The number of benzene rings is 2. The lowest BCUT2D eigenvalue weighted by Gasteiger charge is -2.33. The van der Waals surface area contributed by atoms with Crippen molar-refractivity contribution in [1.29, 1.82) is 0 Å². The molecule has 0 atom stereocenters. The van der Waals surface area contributed by atoms with E-state index in [1.807, 2.05) is 6.07 Å². The van der Waals surface area contributed by atoms with Crippen molar-refractivity contribution in [2.24, 2.45) is 0 Å². The number of ether oxygens (including phenoxy) is 2. The molecule has 30 heavy (non-hydrogen) atoms. The Bertz CT molecular complexity index is 911. The first-order valence-electron chi connectivity index (χ1n) is 9.99. The number of nitrogens with zero attached hydrogens (tertiary/aromatic N) is 2. The zero-order chi connectivity index (χ0) is 21.1. The van der Waals surface area contributed by atoms with Crippen molar-refractivity contribution in [2.45, 2.75) is 19.2 Å². The van der Waals surface area contributed by atoms with Crippen LogP contribution in [0.3, 0.4) is 0 Å². The third-order valence-corrected chi connectivity index (χ3v) is 5.45. The molecule has 0 aliphatic carbocycles. The molecule has 2 aromatic carbocycles. The number of hydrogen-bond donors (Lipinski definition) is 0. The predicted octanol–water partition coefficient (Wildman–Crippen LogP) is 3.86. The van der Waals surface area contributed by atoms with Crippen LogP contribution in [0.1, 0.15) is 12.0 Å². The zero-order valence-electron chi connectivity index (χ0n) is 16.5. The molecule has 0 unspecified atom stereocenters. The summed E-state index contributed by atoms with van der Waals surface area (Å²) in [5, 5.41) is 0. The first-order chi connectivity index (χ1) is 14.4. The summed E-state index contributed by atoms with van der Waals surface area (Å²) in [6, 6.07) is 11.5. The van der Waals surface area contributed by atoms with Gasteiger partial charge in [-0.2, -0.15) is 0 Å². The number of hydrogen-bond acceptors (Lipinski definition) is 4. The van der Waals surface area contributed by atoms with Crippen LogP contribution >= 0.6 is 0 Å². The van der Waals surface area contributed by atoms with Crippen molar-refractivity contribution < 1.29 is 27.4 Å². The summed E-state index contributed by atoms with van der Waals surface area (Å²) in [4.78, 5) is 16.6. The van der Waals surface area contributed by atoms with Gasteiger partial charge in [-0.05, 0) is 29.7 Å². The molecule has 2 aliphatic heterocycles. The molecule has 2 aliphatic rings. The Labute approximate surface area is 173 Å². The van der Waals surface area contributed by atoms with Crippen LogP contribution in [0.25, 0.3) is 11.1 Å². The number of carbonyl (C=O) groups is 1. The zero-order valence-corrected chi connectivity index (χ0v) is 16.5. The molecule has 0 radical (unpaired) electrons. The fraction of sp³-hybridized carbons (Fsp3) is 0.409. The first-order valence-corrected chi connectivity index (χ1v) is 9.99. The Morgan fingerprint density at radius 1 is 1.00 bits per heavy atom. The van der Waals surface area contributed by atoms with Gasteiger partial charge in [0.2, 0.25) is 5.91 Å². The number of aryl methyl sites for hydroxylation is 1. The van der Waals surface area contributed by atoms with Gasteiger partial charge in [-0.3, -0.25) is 9.69 Å². The molecule has 8 heteroatoms. The molecule has 1 saturated heterocycles. The second-order valence-corrected chi connectivity index (χ2v) is 7.39.